The van der Waals surface area contributed by atoms with E-state index in [1.165, 1.54) is 0 Å². The summed E-state index contributed by atoms with van der Waals surface area (Å²) < 4.78 is 5.65. The van der Waals surface area contributed by atoms with Gasteiger partial charge in [0.2, 0.25) is 5.89 Å². The first-order valence-corrected chi connectivity index (χ1v) is 6.38. The molecular formula is C13H25IN4O. The van der Waals surface area contributed by atoms with E-state index in [9.17, 15) is 0 Å². The summed E-state index contributed by atoms with van der Waals surface area (Å²) in [5, 5.41) is 0. The van der Waals surface area contributed by atoms with Gasteiger partial charge in [-0.05, 0) is 13.8 Å². The van der Waals surface area contributed by atoms with E-state index in [1.54, 1.807) is 6.20 Å². The van der Waals surface area contributed by atoms with Gasteiger partial charge in [0.25, 0.3) is 0 Å². The predicted molar refractivity (Wildman–Crippen MR) is 88.9 cm³/mol. The first-order chi connectivity index (χ1) is 8.38. The Hall–Kier alpha value is -0.790. The number of nitrogens with zero attached hydrogens (tertiary/aromatic N) is 3. The van der Waals surface area contributed by atoms with Crippen LogP contribution in [0.3, 0.4) is 0 Å². The van der Waals surface area contributed by atoms with Crippen LogP contribution in [0.1, 0.15) is 46.3 Å². The van der Waals surface area contributed by atoms with Crippen LogP contribution in [-0.2, 0) is 12.0 Å². The topological polar surface area (TPSA) is 67.7 Å². The Balaban J connectivity index is 0.00000324. The van der Waals surface area contributed by atoms with E-state index in [4.69, 9.17) is 10.2 Å². The number of halogens is 1. The van der Waals surface area contributed by atoms with Crippen molar-refractivity contribution >= 4 is 29.9 Å². The molecule has 0 saturated heterocycles. The van der Waals surface area contributed by atoms with Gasteiger partial charge >= 0.3 is 0 Å². The third-order valence-corrected chi connectivity index (χ3v) is 2.76. The van der Waals surface area contributed by atoms with E-state index in [2.05, 4.69) is 44.6 Å². The summed E-state index contributed by atoms with van der Waals surface area (Å²) in [5.41, 5.74) is 5.86. The lowest BCUT2D eigenvalue weighted by atomic mass is 9.94. The van der Waals surface area contributed by atoms with Crippen molar-refractivity contribution in [3.63, 3.8) is 0 Å². The summed E-state index contributed by atoms with van der Waals surface area (Å²) >= 11 is 0. The molecule has 0 atom stereocenters. The fourth-order valence-electron chi connectivity index (χ4n) is 1.53. The van der Waals surface area contributed by atoms with E-state index >= 15 is 0 Å². The zero-order valence-electron chi connectivity index (χ0n) is 12.4. The van der Waals surface area contributed by atoms with Crippen LogP contribution in [0.5, 0.6) is 0 Å². The summed E-state index contributed by atoms with van der Waals surface area (Å²) in [6, 6.07) is 0. The third-order valence-electron chi connectivity index (χ3n) is 2.76. The highest BCUT2D eigenvalue weighted by molar-refractivity contribution is 14.0. The van der Waals surface area contributed by atoms with Crippen molar-refractivity contribution in [3.8, 4) is 0 Å². The summed E-state index contributed by atoms with van der Waals surface area (Å²) in [7, 11) is 0. The van der Waals surface area contributed by atoms with E-state index < -0.39 is 0 Å². The molecule has 0 fully saturated rings. The molecule has 1 aromatic rings. The van der Waals surface area contributed by atoms with Gasteiger partial charge in [0.1, 0.15) is 12.3 Å². The normalized spacial score (nSPS) is 12.2. The fourth-order valence-corrected chi connectivity index (χ4v) is 1.53. The largest absolute Gasteiger partial charge is 0.443 e. The second kappa shape index (κ2) is 7.72. The lowest BCUT2D eigenvalue weighted by molar-refractivity contribution is 0.382. The molecule has 0 bridgehead atoms. The number of hydrogen-bond acceptors (Lipinski definition) is 3. The molecule has 0 spiro atoms. The number of nitrogens with two attached hydrogens (primary N) is 1. The quantitative estimate of drug-likeness (QED) is 0.496. The highest BCUT2D eigenvalue weighted by atomic mass is 127. The summed E-state index contributed by atoms with van der Waals surface area (Å²) in [5.74, 6) is 2.01. The van der Waals surface area contributed by atoms with Crippen LogP contribution in [0.2, 0.25) is 0 Å². The number of aromatic nitrogens is 1. The number of rotatable bonds is 4. The lowest BCUT2D eigenvalue weighted by Crippen LogP contribution is -2.37. The van der Waals surface area contributed by atoms with Crippen molar-refractivity contribution in [1.29, 1.82) is 0 Å². The minimum atomic E-state index is -0.0284. The zero-order valence-corrected chi connectivity index (χ0v) is 14.8. The van der Waals surface area contributed by atoms with Gasteiger partial charge < -0.3 is 15.1 Å². The Kier molecular flexibility index (Phi) is 7.39. The van der Waals surface area contributed by atoms with Crippen LogP contribution in [0.25, 0.3) is 0 Å². The monoisotopic (exact) mass is 380 g/mol. The number of guanidine groups is 1. The van der Waals surface area contributed by atoms with Crippen molar-refractivity contribution in [2.75, 3.05) is 13.1 Å². The summed E-state index contributed by atoms with van der Waals surface area (Å²) in [6.07, 6.45) is 1.76. The highest BCUT2D eigenvalue weighted by Crippen LogP contribution is 2.22. The number of aliphatic imine (C=N–C) groups is 1. The Morgan fingerprint density at radius 1 is 1.37 bits per heavy atom. The molecule has 0 aliphatic carbocycles. The summed E-state index contributed by atoms with van der Waals surface area (Å²) in [4.78, 5) is 10.5. The molecule has 0 radical (unpaired) electrons. The molecule has 2 N–H and O–H groups in total. The molecule has 0 aliphatic rings. The average Bonchev–Trinajstić information content (AvgIpc) is 2.76. The van der Waals surface area contributed by atoms with Crippen molar-refractivity contribution in [2.24, 2.45) is 10.7 Å². The molecule has 0 aliphatic heterocycles. The van der Waals surface area contributed by atoms with Crippen LogP contribution in [0.15, 0.2) is 15.6 Å². The second-order valence-electron chi connectivity index (χ2n) is 5.21. The van der Waals surface area contributed by atoms with E-state index in [1.807, 2.05) is 4.90 Å². The predicted octanol–water partition coefficient (Wildman–Crippen LogP) is 2.75. The van der Waals surface area contributed by atoms with Gasteiger partial charge in [-0.3, -0.25) is 0 Å². The lowest BCUT2D eigenvalue weighted by Gasteiger charge is -2.18. The van der Waals surface area contributed by atoms with Gasteiger partial charge in [0, 0.05) is 18.5 Å². The minimum Gasteiger partial charge on any atom is -0.443 e. The Morgan fingerprint density at radius 2 is 1.95 bits per heavy atom. The van der Waals surface area contributed by atoms with Crippen LogP contribution in [0.4, 0.5) is 0 Å². The smallest absolute Gasteiger partial charge is 0.216 e. The zero-order chi connectivity index (χ0) is 13.8. The van der Waals surface area contributed by atoms with E-state index in [0.29, 0.717) is 18.4 Å². The molecular weight excluding hydrogens is 355 g/mol. The SMILES string of the molecule is CCN(CC)C(N)=NCc1ncc(C(C)(C)C)o1.I. The maximum atomic E-state index is 5.89. The van der Waals surface area contributed by atoms with Crippen molar-refractivity contribution < 1.29 is 4.42 Å². The van der Waals surface area contributed by atoms with Crippen LogP contribution >= 0.6 is 24.0 Å². The number of oxazole rings is 1. The maximum absolute atomic E-state index is 5.89. The van der Waals surface area contributed by atoms with Gasteiger partial charge in [0.15, 0.2) is 5.96 Å². The van der Waals surface area contributed by atoms with Crippen molar-refractivity contribution in [2.45, 2.75) is 46.6 Å². The highest BCUT2D eigenvalue weighted by Gasteiger charge is 2.19. The molecule has 1 aromatic heterocycles. The maximum Gasteiger partial charge on any atom is 0.216 e. The van der Waals surface area contributed by atoms with Crippen LogP contribution in [0, 0.1) is 0 Å². The first-order valence-electron chi connectivity index (χ1n) is 6.38. The van der Waals surface area contributed by atoms with E-state index in [0.717, 1.165) is 18.8 Å². The summed E-state index contributed by atoms with van der Waals surface area (Å²) in [6.45, 7) is 12.5. The molecule has 0 saturated carbocycles. The van der Waals surface area contributed by atoms with Gasteiger partial charge in [0.05, 0.1) is 6.20 Å². The number of hydrogen-bond donors (Lipinski definition) is 1. The third kappa shape index (κ3) is 5.38. The van der Waals surface area contributed by atoms with Gasteiger partial charge in [-0.1, -0.05) is 20.8 Å². The van der Waals surface area contributed by atoms with Crippen LogP contribution in [-0.4, -0.2) is 28.9 Å². The molecule has 1 heterocycles. The van der Waals surface area contributed by atoms with Crippen LogP contribution < -0.4 is 5.73 Å². The Labute approximate surface area is 132 Å². The van der Waals surface area contributed by atoms with Crippen molar-refractivity contribution in [1.82, 2.24) is 9.88 Å². The molecule has 6 heteroatoms. The average molecular weight is 380 g/mol. The molecule has 0 unspecified atom stereocenters. The second-order valence-corrected chi connectivity index (χ2v) is 5.21. The minimum absolute atomic E-state index is 0. The molecule has 1 rings (SSSR count). The molecule has 0 aromatic carbocycles. The van der Waals surface area contributed by atoms with Gasteiger partial charge in [-0.25, -0.2) is 9.98 Å². The Morgan fingerprint density at radius 3 is 2.37 bits per heavy atom. The van der Waals surface area contributed by atoms with Gasteiger partial charge in [-0.2, -0.15) is 0 Å². The first kappa shape index (κ1) is 18.2. The molecule has 110 valence electrons. The van der Waals surface area contributed by atoms with E-state index in [-0.39, 0.29) is 29.4 Å². The fraction of sp³-hybridized carbons (Fsp3) is 0.692. The Bertz CT molecular complexity index is 405. The molecule has 5 nitrogen and oxygen atoms in total. The standard InChI is InChI=1S/C13H24N4O.HI/c1-6-17(7-2)12(14)16-9-11-15-8-10(18-11)13(3,4)5;/h8H,6-7,9H2,1-5H3,(H2,14,16);1H. The van der Waals surface area contributed by atoms with Crippen molar-refractivity contribution in [3.05, 3.63) is 17.8 Å². The molecule has 19 heavy (non-hydrogen) atoms. The van der Waals surface area contributed by atoms with Gasteiger partial charge in [-0.15, -0.1) is 24.0 Å². The molecule has 0 amide bonds.